The van der Waals surface area contributed by atoms with Crippen LogP contribution < -0.4 is 15.4 Å². The van der Waals surface area contributed by atoms with Crippen LogP contribution in [-0.4, -0.2) is 28.4 Å². The van der Waals surface area contributed by atoms with Gasteiger partial charge in [-0.05, 0) is 29.8 Å². The van der Waals surface area contributed by atoms with Crippen LogP contribution in [0.15, 0.2) is 42.7 Å². The standard InChI is InChI=1S/C18H18FN5O/c1-25-16-3-2-13(10-14(16)19)22-18-17(12-4-6-20-7-5-12)15-11-21-8-9-24(15)23-18/h2-7,10,21H,8-9,11H2,1H3,(H,22,23). The van der Waals surface area contributed by atoms with E-state index in [1.54, 1.807) is 24.5 Å². The molecule has 1 aliphatic heterocycles. The smallest absolute Gasteiger partial charge is 0.167 e. The van der Waals surface area contributed by atoms with Crippen LogP contribution in [0.1, 0.15) is 5.69 Å². The molecule has 4 rings (SSSR count). The van der Waals surface area contributed by atoms with Crippen molar-refractivity contribution in [3.05, 3.63) is 54.2 Å². The zero-order valence-electron chi connectivity index (χ0n) is 13.8. The van der Waals surface area contributed by atoms with Crippen molar-refractivity contribution < 1.29 is 9.13 Å². The summed E-state index contributed by atoms with van der Waals surface area (Å²) in [5.74, 6) is 0.506. The first-order valence-electron chi connectivity index (χ1n) is 8.07. The topological polar surface area (TPSA) is 64.0 Å². The molecule has 0 saturated carbocycles. The lowest BCUT2D eigenvalue weighted by atomic mass is 10.1. The number of nitrogens with zero attached hydrogens (tertiary/aromatic N) is 3. The Balaban J connectivity index is 1.76. The van der Waals surface area contributed by atoms with Crippen LogP contribution in [0.3, 0.4) is 0 Å². The van der Waals surface area contributed by atoms with Crippen molar-refractivity contribution >= 4 is 11.5 Å². The number of ether oxygens (including phenoxy) is 1. The van der Waals surface area contributed by atoms with E-state index in [1.165, 1.54) is 13.2 Å². The molecule has 7 heteroatoms. The monoisotopic (exact) mass is 339 g/mol. The maximum absolute atomic E-state index is 14.0. The fraction of sp³-hybridized carbons (Fsp3) is 0.222. The third kappa shape index (κ3) is 2.94. The number of aromatic nitrogens is 3. The Morgan fingerprint density at radius 1 is 1.24 bits per heavy atom. The SMILES string of the molecule is COc1ccc(Nc2nn3c(c2-c2ccncc2)CNCC3)cc1F. The molecule has 0 saturated heterocycles. The summed E-state index contributed by atoms with van der Waals surface area (Å²) in [7, 11) is 1.45. The quantitative estimate of drug-likeness (QED) is 0.765. The van der Waals surface area contributed by atoms with E-state index in [9.17, 15) is 4.39 Å². The molecule has 0 radical (unpaired) electrons. The van der Waals surface area contributed by atoms with Gasteiger partial charge < -0.3 is 15.4 Å². The lowest BCUT2D eigenvalue weighted by Gasteiger charge is -2.16. The number of fused-ring (bicyclic) bond motifs is 1. The van der Waals surface area contributed by atoms with Gasteiger partial charge >= 0.3 is 0 Å². The van der Waals surface area contributed by atoms with Crippen molar-refractivity contribution in [1.29, 1.82) is 0 Å². The highest BCUT2D eigenvalue weighted by atomic mass is 19.1. The average molecular weight is 339 g/mol. The number of methoxy groups -OCH3 is 1. The van der Waals surface area contributed by atoms with Gasteiger partial charge in [0.1, 0.15) is 0 Å². The highest BCUT2D eigenvalue weighted by molar-refractivity contribution is 5.80. The minimum atomic E-state index is -0.413. The van der Waals surface area contributed by atoms with E-state index in [-0.39, 0.29) is 5.75 Å². The second-order valence-electron chi connectivity index (χ2n) is 5.78. The Morgan fingerprint density at radius 2 is 2.08 bits per heavy atom. The maximum Gasteiger partial charge on any atom is 0.167 e. The van der Waals surface area contributed by atoms with Crippen molar-refractivity contribution in [2.24, 2.45) is 0 Å². The van der Waals surface area contributed by atoms with E-state index in [4.69, 9.17) is 4.74 Å². The molecule has 0 unspecified atom stereocenters. The molecule has 6 nitrogen and oxygen atoms in total. The Bertz CT molecular complexity index is 894. The number of hydrogen-bond acceptors (Lipinski definition) is 5. The van der Waals surface area contributed by atoms with Crippen LogP contribution in [0.2, 0.25) is 0 Å². The van der Waals surface area contributed by atoms with Gasteiger partial charge in [-0.15, -0.1) is 0 Å². The summed E-state index contributed by atoms with van der Waals surface area (Å²) in [4.78, 5) is 4.08. The zero-order chi connectivity index (χ0) is 17.2. The number of anilines is 2. The summed E-state index contributed by atoms with van der Waals surface area (Å²) < 4.78 is 21.0. The molecule has 0 spiro atoms. The van der Waals surface area contributed by atoms with Crippen LogP contribution >= 0.6 is 0 Å². The average Bonchev–Trinajstić information content (AvgIpc) is 3.00. The molecule has 3 aromatic rings. The van der Waals surface area contributed by atoms with E-state index < -0.39 is 5.82 Å². The van der Waals surface area contributed by atoms with Crippen LogP contribution in [0.4, 0.5) is 15.9 Å². The first-order chi connectivity index (χ1) is 12.3. The number of nitrogens with one attached hydrogen (secondary N) is 2. The lowest BCUT2D eigenvalue weighted by Crippen LogP contribution is -2.28. The third-order valence-corrected chi connectivity index (χ3v) is 4.23. The largest absolute Gasteiger partial charge is 0.494 e. The van der Waals surface area contributed by atoms with Crippen molar-refractivity contribution in [2.75, 3.05) is 19.0 Å². The van der Waals surface area contributed by atoms with E-state index in [0.717, 1.165) is 36.5 Å². The normalized spacial score (nSPS) is 13.4. The first kappa shape index (κ1) is 15.6. The number of hydrogen-bond donors (Lipinski definition) is 2. The number of pyridine rings is 1. The highest BCUT2D eigenvalue weighted by Crippen LogP contribution is 2.34. The second kappa shape index (κ2) is 6.52. The Morgan fingerprint density at radius 3 is 2.84 bits per heavy atom. The number of halogens is 1. The minimum Gasteiger partial charge on any atom is -0.494 e. The van der Waals surface area contributed by atoms with Crippen molar-refractivity contribution in [3.8, 4) is 16.9 Å². The molecule has 3 heterocycles. The van der Waals surface area contributed by atoms with Gasteiger partial charge in [0.05, 0.1) is 19.3 Å². The van der Waals surface area contributed by atoms with Gasteiger partial charge in [-0.25, -0.2) is 4.39 Å². The van der Waals surface area contributed by atoms with Gasteiger partial charge in [0.15, 0.2) is 17.4 Å². The highest BCUT2D eigenvalue weighted by Gasteiger charge is 2.21. The molecule has 0 aliphatic carbocycles. The fourth-order valence-corrected chi connectivity index (χ4v) is 3.04. The predicted octanol–water partition coefficient (Wildman–Crippen LogP) is 2.94. The molecule has 2 N–H and O–H groups in total. The molecule has 0 fully saturated rings. The molecule has 0 amide bonds. The summed E-state index contributed by atoms with van der Waals surface area (Å²) in [5.41, 5.74) is 3.76. The Labute approximate surface area is 144 Å². The molecular weight excluding hydrogens is 321 g/mol. The summed E-state index contributed by atoms with van der Waals surface area (Å²) in [5, 5.41) is 11.3. The van der Waals surface area contributed by atoms with E-state index in [2.05, 4.69) is 20.7 Å². The fourth-order valence-electron chi connectivity index (χ4n) is 3.04. The predicted molar refractivity (Wildman–Crippen MR) is 93.4 cm³/mol. The molecule has 1 aliphatic rings. The minimum absolute atomic E-state index is 0.216. The van der Waals surface area contributed by atoms with E-state index >= 15 is 0 Å². The second-order valence-corrected chi connectivity index (χ2v) is 5.78. The number of rotatable bonds is 4. The molecule has 128 valence electrons. The Hall–Kier alpha value is -2.93. The van der Waals surface area contributed by atoms with Crippen molar-refractivity contribution in [3.63, 3.8) is 0 Å². The molecule has 2 aromatic heterocycles. The van der Waals surface area contributed by atoms with Crippen LogP contribution in [0.25, 0.3) is 11.1 Å². The van der Waals surface area contributed by atoms with Crippen LogP contribution in [-0.2, 0) is 13.1 Å². The van der Waals surface area contributed by atoms with Crippen LogP contribution in [0, 0.1) is 5.82 Å². The van der Waals surface area contributed by atoms with Crippen molar-refractivity contribution in [1.82, 2.24) is 20.1 Å². The van der Waals surface area contributed by atoms with Gasteiger partial charge in [-0.1, -0.05) is 0 Å². The summed E-state index contributed by atoms with van der Waals surface area (Å²) in [6.45, 7) is 2.41. The van der Waals surface area contributed by atoms with Gasteiger partial charge in [-0.3, -0.25) is 9.67 Å². The third-order valence-electron chi connectivity index (χ3n) is 4.23. The first-order valence-corrected chi connectivity index (χ1v) is 8.07. The van der Waals surface area contributed by atoms with Crippen LogP contribution in [0.5, 0.6) is 5.75 Å². The van der Waals surface area contributed by atoms with Gasteiger partial charge in [0.2, 0.25) is 0 Å². The molecule has 0 atom stereocenters. The molecular formula is C18H18FN5O. The molecule has 0 bridgehead atoms. The van der Waals surface area contributed by atoms with Crippen molar-refractivity contribution in [2.45, 2.75) is 13.1 Å². The number of benzene rings is 1. The summed E-state index contributed by atoms with van der Waals surface area (Å²) in [6, 6.07) is 8.68. The zero-order valence-corrected chi connectivity index (χ0v) is 13.8. The summed E-state index contributed by atoms with van der Waals surface area (Å²) in [6.07, 6.45) is 3.51. The molecule has 1 aromatic carbocycles. The van der Waals surface area contributed by atoms with Gasteiger partial charge in [0.25, 0.3) is 0 Å². The Kier molecular flexibility index (Phi) is 4.07. The van der Waals surface area contributed by atoms with E-state index in [0.29, 0.717) is 11.5 Å². The summed E-state index contributed by atoms with van der Waals surface area (Å²) >= 11 is 0. The van der Waals surface area contributed by atoms with Gasteiger partial charge in [-0.2, -0.15) is 5.10 Å². The molecule has 25 heavy (non-hydrogen) atoms. The van der Waals surface area contributed by atoms with E-state index in [1.807, 2.05) is 16.8 Å². The van der Waals surface area contributed by atoms with Gasteiger partial charge in [0, 0.05) is 42.8 Å². The maximum atomic E-state index is 14.0. The lowest BCUT2D eigenvalue weighted by molar-refractivity contribution is 0.386.